The molecule has 2 N–H and O–H groups in total. The summed E-state index contributed by atoms with van der Waals surface area (Å²) in [6, 6.07) is 0. The maximum absolute atomic E-state index is 10.9. The first-order valence-electron chi connectivity index (χ1n) is 3.90. The number of esters is 1. The van der Waals surface area contributed by atoms with Crippen molar-refractivity contribution in [1.29, 1.82) is 0 Å². The van der Waals surface area contributed by atoms with E-state index in [-0.39, 0.29) is 24.5 Å². The molecule has 13 heavy (non-hydrogen) atoms. The molecular formula is C7H13NO4S. The highest BCUT2D eigenvalue weighted by atomic mass is 32.2. The third-order valence-electron chi connectivity index (χ3n) is 2.23. The number of sulfone groups is 1. The lowest BCUT2D eigenvalue weighted by molar-refractivity contribution is -0.142. The van der Waals surface area contributed by atoms with Crippen LogP contribution in [0.1, 0.15) is 6.42 Å². The van der Waals surface area contributed by atoms with Crippen molar-refractivity contribution in [2.75, 3.05) is 25.2 Å². The van der Waals surface area contributed by atoms with Crippen molar-refractivity contribution in [1.82, 2.24) is 0 Å². The Bertz CT molecular complexity index is 296. The van der Waals surface area contributed by atoms with Gasteiger partial charge in [-0.2, -0.15) is 0 Å². The molecule has 0 aromatic carbocycles. The number of carbonyl (C=O) groups is 1. The second-order valence-electron chi connectivity index (χ2n) is 3.49. The van der Waals surface area contributed by atoms with Crippen molar-refractivity contribution in [3.05, 3.63) is 0 Å². The van der Waals surface area contributed by atoms with Gasteiger partial charge in [0.1, 0.15) is 0 Å². The fourth-order valence-corrected chi connectivity index (χ4v) is 3.78. The third-order valence-corrected chi connectivity index (χ3v) is 4.34. The van der Waals surface area contributed by atoms with Gasteiger partial charge in [0, 0.05) is 12.0 Å². The topological polar surface area (TPSA) is 86.5 Å². The van der Waals surface area contributed by atoms with E-state index in [1.54, 1.807) is 0 Å². The average molecular weight is 207 g/mol. The molecule has 0 amide bonds. The highest BCUT2D eigenvalue weighted by Gasteiger charge is 2.48. The third kappa shape index (κ3) is 2.19. The molecule has 0 spiro atoms. The van der Waals surface area contributed by atoms with Crippen LogP contribution >= 0.6 is 0 Å². The predicted molar refractivity (Wildman–Crippen MR) is 46.8 cm³/mol. The van der Waals surface area contributed by atoms with E-state index in [9.17, 15) is 13.2 Å². The van der Waals surface area contributed by atoms with Gasteiger partial charge >= 0.3 is 5.97 Å². The first-order valence-corrected chi connectivity index (χ1v) is 5.72. The number of methoxy groups -OCH3 is 1. The smallest absolute Gasteiger partial charge is 0.306 e. The Balaban J connectivity index is 2.61. The summed E-state index contributed by atoms with van der Waals surface area (Å²) >= 11 is 0. The molecule has 6 heteroatoms. The molecule has 5 nitrogen and oxygen atoms in total. The first-order chi connectivity index (χ1) is 5.93. The van der Waals surface area contributed by atoms with E-state index >= 15 is 0 Å². The van der Waals surface area contributed by atoms with Crippen LogP contribution in [0.25, 0.3) is 0 Å². The van der Waals surface area contributed by atoms with Crippen molar-refractivity contribution in [3.63, 3.8) is 0 Å². The Morgan fingerprint density at radius 2 is 2.08 bits per heavy atom. The van der Waals surface area contributed by atoms with Crippen LogP contribution in [0.5, 0.6) is 0 Å². The van der Waals surface area contributed by atoms with Gasteiger partial charge in [-0.1, -0.05) is 0 Å². The van der Waals surface area contributed by atoms with Crippen LogP contribution in [0.15, 0.2) is 0 Å². The molecule has 0 atom stereocenters. The molecule has 0 saturated carbocycles. The van der Waals surface area contributed by atoms with Crippen LogP contribution in [0.2, 0.25) is 0 Å². The molecule has 76 valence electrons. The molecule has 1 heterocycles. The van der Waals surface area contributed by atoms with Gasteiger partial charge in [0.05, 0.1) is 25.0 Å². The number of hydrogen-bond donors (Lipinski definition) is 1. The standard InChI is InChI=1S/C7H13NO4S/c1-12-6(9)2-7(3-8)4-13(10,11)5-7/h2-5,8H2,1H3. The van der Waals surface area contributed by atoms with Crippen LogP contribution < -0.4 is 5.73 Å². The summed E-state index contributed by atoms with van der Waals surface area (Å²) in [6.45, 7) is 0.210. The van der Waals surface area contributed by atoms with Crippen molar-refractivity contribution in [3.8, 4) is 0 Å². The molecule has 1 aliphatic heterocycles. The molecule has 1 fully saturated rings. The number of nitrogens with two attached hydrogens (primary N) is 1. The van der Waals surface area contributed by atoms with E-state index in [1.807, 2.05) is 0 Å². The zero-order chi connectivity index (χ0) is 10.1. The van der Waals surface area contributed by atoms with E-state index < -0.39 is 21.2 Å². The summed E-state index contributed by atoms with van der Waals surface area (Å²) in [6.07, 6.45) is 0.0965. The maximum atomic E-state index is 10.9. The van der Waals surface area contributed by atoms with E-state index in [1.165, 1.54) is 7.11 Å². The number of rotatable bonds is 3. The van der Waals surface area contributed by atoms with Gasteiger partial charge in [-0.15, -0.1) is 0 Å². The fourth-order valence-electron chi connectivity index (χ4n) is 1.56. The molecule has 0 unspecified atom stereocenters. The van der Waals surface area contributed by atoms with Gasteiger partial charge < -0.3 is 10.5 Å². The summed E-state index contributed by atoms with van der Waals surface area (Å²) in [5.41, 5.74) is 4.86. The van der Waals surface area contributed by atoms with Crippen LogP contribution in [-0.2, 0) is 19.4 Å². The second kappa shape index (κ2) is 3.26. The van der Waals surface area contributed by atoms with E-state index in [0.29, 0.717) is 0 Å². The van der Waals surface area contributed by atoms with Crippen molar-refractivity contribution < 1.29 is 17.9 Å². The van der Waals surface area contributed by atoms with E-state index in [0.717, 1.165) is 0 Å². The van der Waals surface area contributed by atoms with Crippen LogP contribution in [-0.4, -0.2) is 39.5 Å². The maximum Gasteiger partial charge on any atom is 0.306 e. The first kappa shape index (κ1) is 10.5. The Kier molecular flexibility index (Phi) is 2.63. The number of hydrogen-bond acceptors (Lipinski definition) is 5. The van der Waals surface area contributed by atoms with Crippen LogP contribution in [0.3, 0.4) is 0 Å². The zero-order valence-corrected chi connectivity index (χ0v) is 8.26. The molecular weight excluding hydrogens is 194 g/mol. The van der Waals surface area contributed by atoms with Crippen LogP contribution in [0, 0.1) is 5.41 Å². The van der Waals surface area contributed by atoms with Crippen LogP contribution in [0.4, 0.5) is 0 Å². The van der Waals surface area contributed by atoms with Crippen molar-refractivity contribution in [2.45, 2.75) is 6.42 Å². The van der Waals surface area contributed by atoms with Gasteiger partial charge in [0.2, 0.25) is 0 Å². The highest BCUT2D eigenvalue weighted by molar-refractivity contribution is 7.92. The van der Waals surface area contributed by atoms with Crippen molar-refractivity contribution >= 4 is 15.8 Å². The summed E-state index contributed by atoms with van der Waals surface area (Å²) in [5.74, 6) is -0.391. The molecule has 0 aromatic rings. The van der Waals surface area contributed by atoms with Crippen molar-refractivity contribution in [2.24, 2.45) is 11.1 Å². The zero-order valence-electron chi connectivity index (χ0n) is 7.45. The Morgan fingerprint density at radius 3 is 2.38 bits per heavy atom. The molecule has 0 aromatic heterocycles. The minimum absolute atomic E-state index is 0.00556. The molecule has 1 rings (SSSR count). The van der Waals surface area contributed by atoms with Gasteiger partial charge in [-0.25, -0.2) is 8.42 Å². The minimum Gasteiger partial charge on any atom is -0.469 e. The Morgan fingerprint density at radius 1 is 1.54 bits per heavy atom. The fraction of sp³-hybridized carbons (Fsp3) is 0.857. The Labute approximate surface area is 77.2 Å². The second-order valence-corrected chi connectivity index (χ2v) is 5.55. The molecule has 0 aliphatic carbocycles. The number of carbonyl (C=O) groups excluding carboxylic acids is 1. The monoisotopic (exact) mass is 207 g/mol. The minimum atomic E-state index is -2.94. The van der Waals surface area contributed by atoms with Gasteiger partial charge in [-0.3, -0.25) is 4.79 Å². The summed E-state index contributed by atoms with van der Waals surface area (Å²) in [5, 5.41) is 0. The molecule has 1 aliphatic rings. The Hall–Kier alpha value is -0.620. The van der Waals surface area contributed by atoms with E-state index in [4.69, 9.17) is 5.73 Å². The highest BCUT2D eigenvalue weighted by Crippen LogP contribution is 2.35. The molecule has 1 saturated heterocycles. The van der Waals surface area contributed by atoms with Gasteiger partial charge in [-0.05, 0) is 0 Å². The summed E-state index contributed by atoms with van der Waals surface area (Å²) in [7, 11) is -1.67. The predicted octanol–water partition coefficient (Wildman–Crippen LogP) is -1.08. The largest absolute Gasteiger partial charge is 0.469 e. The lowest BCUT2D eigenvalue weighted by Crippen LogP contribution is -2.54. The normalized spacial score (nSPS) is 23.2. The van der Waals surface area contributed by atoms with E-state index in [2.05, 4.69) is 4.74 Å². The molecule has 0 bridgehead atoms. The SMILES string of the molecule is COC(=O)CC1(CN)CS(=O)(=O)C1. The lowest BCUT2D eigenvalue weighted by atomic mass is 9.88. The van der Waals surface area contributed by atoms with Gasteiger partial charge in [0.15, 0.2) is 9.84 Å². The average Bonchev–Trinajstić information content (AvgIpc) is 2.00. The molecule has 0 radical (unpaired) electrons. The van der Waals surface area contributed by atoms with Gasteiger partial charge in [0.25, 0.3) is 0 Å². The summed E-state index contributed by atoms with van der Waals surface area (Å²) in [4.78, 5) is 10.9. The lowest BCUT2D eigenvalue weighted by Gasteiger charge is -2.38. The quantitative estimate of drug-likeness (QED) is 0.595. The number of ether oxygens (including phenoxy) is 1. The summed E-state index contributed by atoms with van der Waals surface area (Å²) < 4.78 is 26.3.